The third kappa shape index (κ3) is 2.61. The van der Waals surface area contributed by atoms with Crippen LogP contribution in [0.15, 0.2) is 18.2 Å². The van der Waals surface area contributed by atoms with Crippen molar-refractivity contribution in [3.8, 4) is 11.5 Å². The van der Waals surface area contributed by atoms with Gasteiger partial charge in [0.1, 0.15) is 0 Å². The van der Waals surface area contributed by atoms with E-state index in [1.807, 2.05) is 25.1 Å². The number of aliphatic carboxylic acids is 1. The van der Waals surface area contributed by atoms with Gasteiger partial charge >= 0.3 is 5.97 Å². The summed E-state index contributed by atoms with van der Waals surface area (Å²) in [5, 5.41) is 12.1. The van der Waals surface area contributed by atoms with Crippen molar-refractivity contribution >= 4 is 11.9 Å². The van der Waals surface area contributed by atoms with Crippen LogP contribution in [0.25, 0.3) is 0 Å². The maximum absolute atomic E-state index is 12.1. The monoisotopic (exact) mass is 305 g/mol. The SMILES string of the molecule is CC(NC(=O)CC1(C(=O)O)CCC1)c1ccc2c(c1)OCO2. The molecule has 6 heteroatoms. The lowest BCUT2D eigenvalue weighted by Crippen LogP contribution is -2.43. The molecule has 22 heavy (non-hydrogen) atoms. The Morgan fingerprint density at radius 3 is 2.68 bits per heavy atom. The summed E-state index contributed by atoms with van der Waals surface area (Å²) in [5.41, 5.74) is 0.0363. The van der Waals surface area contributed by atoms with Crippen LogP contribution in [-0.2, 0) is 9.59 Å². The molecule has 0 spiro atoms. The van der Waals surface area contributed by atoms with E-state index in [1.165, 1.54) is 0 Å². The summed E-state index contributed by atoms with van der Waals surface area (Å²) < 4.78 is 10.6. The van der Waals surface area contributed by atoms with E-state index in [0.29, 0.717) is 24.3 Å². The molecule has 1 amide bonds. The van der Waals surface area contributed by atoms with Crippen molar-refractivity contribution in [3.05, 3.63) is 23.8 Å². The van der Waals surface area contributed by atoms with E-state index < -0.39 is 11.4 Å². The second-order valence-corrected chi connectivity index (χ2v) is 6.02. The van der Waals surface area contributed by atoms with Crippen molar-refractivity contribution in [2.45, 2.75) is 38.6 Å². The highest BCUT2D eigenvalue weighted by Gasteiger charge is 2.46. The summed E-state index contributed by atoms with van der Waals surface area (Å²) >= 11 is 0. The normalized spacial score (nSPS) is 19.1. The number of amides is 1. The first-order valence-corrected chi connectivity index (χ1v) is 7.42. The highest BCUT2D eigenvalue weighted by molar-refractivity contribution is 5.85. The van der Waals surface area contributed by atoms with Crippen molar-refractivity contribution in [1.82, 2.24) is 5.32 Å². The van der Waals surface area contributed by atoms with Gasteiger partial charge in [-0.3, -0.25) is 9.59 Å². The molecule has 0 saturated heterocycles. The summed E-state index contributed by atoms with van der Waals surface area (Å²) in [5.74, 6) is 0.262. The van der Waals surface area contributed by atoms with Crippen LogP contribution in [0.2, 0.25) is 0 Å². The van der Waals surface area contributed by atoms with Crippen molar-refractivity contribution < 1.29 is 24.2 Å². The number of fused-ring (bicyclic) bond motifs is 1. The Balaban J connectivity index is 1.63. The molecule has 1 atom stereocenters. The lowest BCUT2D eigenvalue weighted by atomic mass is 9.66. The molecule has 2 aliphatic rings. The molecule has 6 nitrogen and oxygen atoms in total. The number of hydrogen-bond donors (Lipinski definition) is 2. The average Bonchev–Trinajstić information content (AvgIpc) is 2.89. The third-order valence-corrected chi connectivity index (χ3v) is 4.54. The van der Waals surface area contributed by atoms with E-state index >= 15 is 0 Å². The minimum absolute atomic E-state index is 0.0389. The first-order chi connectivity index (χ1) is 10.5. The standard InChI is InChI=1S/C16H19NO5/c1-10(11-3-4-12-13(7-11)22-9-21-12)17-14(18)8-16(15(19)20)5-2-6-16/h3-4,7,10H,2,5-6,8-9H2,1H3,(H,17,18)(H,19,20). The molecular weight excluding hydrogens is 286 g/mol. The van der Waals surface area contributed by atoms with Crippen molar-refractivity contribution in [3.63, 3.8) is 0 Å². The molecule has 1 saturated carbocycles. The molecular formula is C16H19NO5. The summed E-state index contributed by atoms with van der Waals surface area (Å²) in [6.07, 6.45) is 2.07. The zero-order valence-electron chi connectivity index (χ0n) is 12.4. The molecule has 3 rings (SSSR count). The van der Waals surface area contributed by atoms with Gasteiger partial charge < -0.3 is 19.9 Å². The number of carbonyl (C=O) groups excluding carboxylic acids is 1. The molecule has 118 valence electrons. The van der Waals surface area contributed by atoms with E-state index in [1.54, 1.807) is 0 Å². The number of carboxylic acids is 1. The van der Waals surface area contributed by atoms with Crippen LogP contribution >= 0.6 is 0 Å². The Hall–Kier alpha value is -2.24. The zero-order valence-corrected chi connectivity index (χ0v) is 12.4. The smallest absolute Gasteiger partial charge is 0.310 e. The molecule has 1 fully saturated rings. The molecule has 1 aromatic carbocycles. The summed E-state index contributed by atoms with van der Waals surface area (Å²) in [7, 11) is 0. The number of rotatable bonds is 5. The van der Waals surface area contributed by atoms with E-state index in [4.69, 9.17) is 9.47 Å². The number of benzene rings is 1. The largest absolute Gasteiger partial charge is 0.481 e. The van der Waals surface area contributed by atoms with Gasteiger partial charge in [0.05, 0.1) is 11.5 Å². The number of carboxylic acid groups (broad SMARTS) is 1. The van der Waals surface area contributed by atoms with Gasteiger partial charge in [-0.25, -0.2) is 0 Å². The van der Waals surface area contributed by atoms with Gasteiger partial charge in [0.25, 0.3) is 0 Å². The van der Waals surface area contributed by atoms with Crippen LogP contribution in [-0.4, -0.2) is 23.8 Å². The van der Waals surface area contributed by atoms with Crippen LogP contribution in [0, 0.1) is 5.41 Å². The molecule has 1 heterocycles. The second kappa shape index (κ2) is 5.51. The molecule has 1 aromatic rings. The zero-order chi connectivity index (χ0) is 15.7. The van der Waals surface area contributed by atoms with Gasteiger partial charge in [-0.2, -0.15) is 0 Å². The maximum Gasteiger partial charge on any atom is 0.310 e. The Labute approximate surface area is 128 Å². The predicted molar refractivity (Wildman–Crippen MR) is 77.7 cm³/mol. The van der Waals surface area contributed by atoms with Crippen LogP contribution in [0.4, 0.5) is 0 Å². The Bertz CT molecular complexity index is 609. The first-order valence-electron chi connectivity index (χ1n) is 7.42. The Kier molecular flexibility index (Phi) is 3.68. The fraction of sp³-hybridized carbons (Fsp3) is 0.500. The molecule has 1 aliphatic carbocycles. The lowest BCUT2D eigenvalue weighted by molar-refractivity contribution is -0.157. The van der Waals surface area contributed by atoms with Crippen LogP contribution in [0.3, 0.4) is 0 Å². The summed E-state index contributed by atoms with van der Waals surface area (Å²) in [6, 6.07) is 5.30. The number of nitrogens with one attached hydrogen (secondary N) is 1. The Morgan fingerprint density at radius 1 is 1.32 bits per heavy atom. The van der Waals surface area contributed by atoms with Crippen LogP contribution < -0.4 is 14.8 Å². The number of ether oxygens (including phenoxy) is 2. The van der Waals surface area contributed by atoms with E-state index in [-0.39, 0.29) is 25.2 Å². The topological polar surface area (TPSA) is 84.9 Å². The van der Waals surface area contributed by atoms with Crippen molar-refractivity contribution in [1.29, 1.82) is 0 Å². The van der Waals surface area contributed by atoms with Gasteiger partial charge in [-0.05, 0) is 37.5 Å². The van der Waals surface area contributed by atoms with Crippen LogP contribution in [0.5, 0.6) is 11.5 Å². The highest BCUT2D eigenvalue weighted by atomic mass is 16.7. The first kappa shape index (κ1) is 14.7. The van der Waals surface area contributed by atoms with Gasteiger partial charge in [-0.15, -0.1) is 0 Å². The average molecular weight is 305 g/mol. The fourth-order valence-corrected chi connectivity index (χ4v) is 2.94. The Morgan fingerprint density at radius 2 is 2.05 bits per heavy atom. The summed E-state index contributed by atoms with van der Waals surface area (Å²) in [4.78, 5) is 23.5. The summed E-state index contributed by atoms with van der Waals surface area (Å²) in [6.45, 7) is 2.07. The molecule has 2 N–H and O–H groups in total. The molecule has 0 radical (unpaired) electrons. The predicted octanol–water partition coefficient (Wildman–Crippen LogP) is 2.24. The van der Waals surface area contributed by atoms with Gasteiger partial charge in [0.15, 0.2) is 11.5 Å². The van der Waals surface area contributed by atoms with Gasteiger partial charge in [0, 0.05) is 6.42 Å². The second-order valence-electron chi connectivity index (χ2n) is 6.02. The van der Waals surface area contributed by atoms with Crippen molar-refractivity contribution in [2.75, 3.05) is 6.79 Å². The van der Waals surface area contributed by atoms with E-state index in [2.05, 4.69) is 5.32 Å². The fourth-order valence-electron chi connectivity index (χ4n) is 2.94. The quantitative estimate of drug-likeness (QED) is 0.871. The van der Waals surface area contributed by atoms with E-state index in [9.17, 15) is 14.7 Å². The molecule has 1 aliphatic heterocycles. The van der Waals surface area contributed by atoms with Crippen LogP contribution in [0.1, 0.15) is 44.2 Å². The van der Waals surface area contributed by atoms with Gasteiger partial charge in [-0.1, -0.05) is 12.5 Å². The molecule has 0 aromatic heterocycles. The minimum Gasteiger partial charge on any atom is -0.481 e. The van der Waals surface area contributed by atoms with Crippen molar-refractivity contribution in [2.24, 2.45) is 5.41 Å². The minimum atomic E-state index is -0.871. The number of carbonyl (C=O) groups is 2. The lowest BCUT2D eigenvalue weighted by Gasteiger charge is -2.37. The highest BCUT2D eigenvalue weighted by Crippen LogP contribution is 2.44. The maximum atomic E-state index is 12.1. The van der Waals surface area contributed by atoms with Gasteiger partial charge in [0.2, 0.25) is 12.7 Å². The third-order valence-electron chi connectivity index (χ3n) is 4.54. The van der Waals surface area contributed by atoms with E-state index in [0.717, 1.165) is 12.0 Å². The molecule has 0 bridgehead atoms. The molecule has 1 unspecified atom stereocenters. The number of hydrogen-bond acceptors (Lipinski definition) is 4.